The number of anilines is 1. The van der Waals surface area contributed by atoms with E-state index in [2.05, 4.69) is 32.9 Å². The summed E-state index contributed by atoms with van der Waals surface area (Å²) in [6.07, 6.45) is 2.65. The maximum absolute atomic E-state index is 11.9. The molecule has 0 aliphatic heterocycles. The normalized spacial score (nSPS) is 12.1. The number of aromatic amines is 1. The summed E-state index contributed by atoms with van der Waals surface area (Å²) in [5.74, 6) is 0.306. The molecule has 0 aliphatic carbocycles. The lowest BCUT2D eigenvalue weighted by atomic mass is 10.1. The van der Waals surface area contributed by atoms with E-state index in [1.54, 1.807) is 12.1 Å². The number of benzene rings is 1. The van der Waals surface area contributed by atoms with Crippen molar-refractivity contribution in [2.75, 3.05) is 5.32 Å². The fourth-order valence-corrected chi connectivity index (χ4v) is 1.81. The molecule has 7 heteroatoms. The molecule has 7 nitrogen and oxygen atoms in total. The minimum absolute atomic E-state index is 0.177. The Balaban J connectivity index is 2.03. The van der Waals surface area contributed by atoms with Gasteiger partial charge in [-0.15, -0.1) is 10.2 Å². The first-order valence-electron chi connectivity index (χ1n) is 6.61. The van der Waals surface area contributed by atoms with E-state index in [1.807, 2.05) is 12.1 Å². The largest absolute Gasteiger partial charge is 0.325 e. The molecule has 1 aromatic carbocycles. The van der Waals surface area contributed by atoms with E-state index in [1.165, 1.54) is 0 Å². The molecule has 1 aromatic heterocycles. The van der Waals surface area contributed by atoms with E-state index in [9.17, 15) is 4.79 Å². The van der Waals surface area contributed by atoms with E-state index in [4.69, 9.17) is 5.73 Å². The molecule has 0 radical (unpaired) electrons. The number of amides is 1. The van der Waals surface area contributed by atoms with Gasteiger partial charge in [-0.1, -0.05) is 31.9 Å². The van der Waals surface area contributed by atoms with Crippen LogP contribution in [-0.2, 0) is 4.79 Å². The third kappa shape index (κ3) is 3.61. The first kappa shape index (κ1) is 14.1. The Morgan fingerprint density at radius 2 is 2.35 bits per heavy atom. The molecule has 106 valence electrons. The lowest BCUT2D eigenvalue weighted by molar-refractivity contribution is -0.117. The zero-order valence-corrected chi connectivity index (χ0v) is 11.3. The van der Waals surface area contributed by atoms with Gasteiger partial charge in [-0.3, -0.25) is 4.79 Å². The van der Waals surface area contributed by atoms with Crippen molar-refractivity contribution < 1.29 is 4.79 Å². The van der Waals surface area contributed by atoms with E-state index >= 15 is 0 Å². The predicted molar refractivity (Wildman–Crippen MR) is 75.7 cm³/mol. The van der Waals surface area contributed by atoms with E-state index in [0.717, 1.165) is 18.4 Å². The Labute approximate surface area is 117 Å². The number of H-pyrrole nitrogens is 1. The molecule has 0 spiro atoms. The van der Waals surface area contributed by atoms with Gasteiger partial charge in [-0.25, -0.2) is 0 Å². The molecule has 1 amide bonds. The molecule has 0 fully saturated rings. The Morgan fingerprint density at radius 1 is 1.50 bits per heavy atom. The highest BCUT2D eigenvalue weighted by atomic mass is 16.2. The van der Waals surface area contributed by atoms with Gasteiger partial charge in [0.2, 0.25) is 11.7 Å². The van der Waals surface area contributed by atoms with E-state index in [-0.39, 0.29) is 5.91 Å². The summed E-state index contributed by atoms with van der Waals surface area (Å²) in [5.41, 5.74) is 7.28. The van der Waals surface area contributed by atoms with Gasteiger partial charge in [0.1, 0.15) is 0 Å². The fraction of sp³-hybridized carbons (Fsp3) is 0.385. The number of nitrogens with zero attached hydrogens (tertiary/aromatic N) is 3. The standard InChI is InChI=1S/C13H18N6O/c1-2-3-7-11(14)13(20)15-10-6-4-5-9(8-10)12-16-18-19-17-12/h4-6,8,11H,2-3,7,14H2,1H3,(H,15,20)(H,16,17,18,19). The summed E-state index contributed by atoms with van der Waals surface area (Å²) in [6, 6.07) is 6.77. The molecule has 0 bridgehead atoms. The number of nitrogens with one attached hydrogen (secondary N) is 2. The number of hydrogen-bond acceptors (Lipinski definition) is 5. The van der Waals surface area contributed by atoms with Crippen LogP contribution in [0.5, 0.6) is 0 Å². The van der Waals surface area contributed by atoms with Gasteiger partial charge in [0.05, 0.1) is 6.04 Å². The van der Waals surface area contributed by atoms with Crippen molar-refractivity contribution in [2.24, 2.45) is 5.73 Å². The number of hydrogen-bond donors (Lipinski definition) is 3. The molecule has 0 saturated heterocycles. The van der Waals surface area contributed by atoms with E-state index < -0.39 is 6.04 Å². The van der Waals surface area contributed by atoms with Crippen LogP contribution in [0.3, 0.4) is 0 Å². The molecular weight excluding hydrogens is 256 g/mol. The lowest BCUT2D eigenvalue weighted by Crippen LogP contribution is -2.35. The van der Waals surface area contributed by atoms with Crippen molar-refractivity contribution in [2.45, 2.75) is 32.2 Å². The van der Waals surface area contributed by atoms with Crippen LogP contribution in [0.4, 0.5) is 5.69 Å². The first-order valence-corrected chi connectivity index (χ1v) is 6.61. The van der Waals surface area contributed by atoms with Crippen molar-refractivity contribution in [3.8, 4) is 11.4 Å². The Bertz CT molecular complexity index is 554. The first-order chi connectivity index (χ1) is 9.70. The van der Waals surface area contributed by atoms with Crippen LogP contribution in [0.15, 0.2) is 24.3 Å². The maximum atomic E-state index is 11.9. The smallest absolute Gasteiger partial charge is 0.241 e. The lowest BCUT2D eigenvalue weighted by Gasteiger charge is -2.12. The molecule has 1 heterocycles. The second-order valence-electron chi connectivity index (χ2n) is 4.55. The fourth-order valence-electron chi connectivity index (χ4n) is 1.81. The van der Waals surface area contributed by atoms with Crippen LogP contribution in [0.25, 0.3) is 11.4 Å². The van der Waals surface area contributed by atoms with Gasteiger partial charge in [0.15, 0.2) is 0 Å². The van der Waals surface area contributed by atoms with Crippen LogP contribution < -0.4 is 11.1 Å². The summed E-state index contributed by atoms with van der Waals surface area (Å²) in [6.45, 7) is 2.07. The Kier molecular flexibility index (Phi) is 4.78. The average molecular weight is 274 g/mol. The van der Waals surface area contributed by atoms with E-state index in [0.29, 0.717) is 17.9 Å². The van der Waals surface area contributed by atoms with Crippen molar-refractivity contribution in [1.29, 1.82) is 0 Å². The van der Waals surface area contributed by atoms with Crippen LogP contribution >= 0.6 is 0 Å². The van der Waals surface area contributed by atoms with Crippen LogP contribution in [0, 0.1) is 0 Å². The number of aromatic nitrogens is 4. The molecule has 1 unspecified atom stereocenters. The summed E-state index contributed by atoms with van der Waals surface area (Å²) in [4.78, 5) is 11.9. The minimum Gasteiger partial charge on any atom is -0.325 e. The molecule has 2 aromatic rings. The molecule has 0 aliphatic rings. The zero-order chi connectivity index (χ0) is 14.4. The topological polar surface area (TPSA) is 110 Å². The number of rotatable bonds is 6. The summed E-state index contributed by atoms with van der Waals surface area (Å²) >= 11 is 0. The Morgan fingerprint density at radius 3 is 3.05 bits per heavy atom. The molecular formula is C13H18N6O. The number of tetrazole rings is 1. The third-order valence-corrected chi connectivity index (χ3v) is 2.94. The van der Waals surface area contributed by atoms with Gasteiger partial charge < -0.3 is 11.1 Å². The highest BCUT2D eigenvalue weighted by Crippen LogP contribution is 2.18. The van der Waals surface area contributed by atoms with Gasteiger partial charge in [0.25, 0.3) is 0 Å². The maximum Gasteiger partial charge on any atom is 0.241 e. The van der Waals surface area contributed by atoms with Crippen LogP contribution in [0.1, 0.15) is 26.2 Å². The summed E-state index contributed by atoms with van der Waals surface area (Å²) in [5, 5.41) is 16.5. The van der Waals surface area contributed by atoms with Gasteiger partial charge in [-0.2, -0.15) is 5.21 Å². The molecule has 20 heavy (non-hydrogen) atoms. The molecule has 4 N–H and O–H groups in total. The molecule has 0 saturated carbocycles. The zero-order valence-electron chi connectivity index (χ0n) is 11.3. The number of carbonyl (C=O) groups is 1. The van der Waals surface area contributed by atoms with Crippen molar-refractivity contribution in [3.63, 3.8) is 0 Å². The van der Waals surface area contributed by atoms with Gasteiger partial charge in [0, 0.05) is 11.3 Å². The second-order valence-corrected chi connectivity index (χ2v) is 4.55. The summed E-state index contributed by atoms with van der Waals surface area (Å²) < 4.78 is 0. The van der Waals surface area contributed by atoms with Gasteiger partial charge in [-0.05, 0) is 23.8 Å². The van der Waals surface area contributed by atoms with Crippen LogP contribution in [-0.4, -0.2) is 32.6 Å². The average Bonchev–Trinajstić information content (AvgIpc) is 2.99. The molecule has 1 atom stereocenters. The predicted octanol–water partition coefficient (Wildman–Crippen LogP) is 1.32. The third-order valence-electron chi connectivity index (χ3n) is 2.94. The quantitative estimate of drug-likeness (QED) is 0.736. The molecule has 2 rings (SSSR count). The highest BCUT2D eigenvalue weighted by molar-refractivity contribution is 5.95. The summed E-state index contributed by atoms with van der Waals surface area (Å²) in [7, 11) is 0. The number of unbranched alkanes of at least 4 members (excludes halogenated alkanes) is 1. The van der Waals surface area contributed by atoms with Gasteiger partial charge >= 0.3 is 0 Å². The highest BCUT2D eigenvalue weighted by Gasteiger charge is 2.13. The van der Waals surface area contributed by atoms with Crippen LogP contribution in [0.2, 0.25) is 0 Å². The monoisotopic (exact) mass is 274 g/mol. The number of carbonyl (C=O) groups excluding carboxylic acids is 1. The SMILES string of the molecule is CCCCC(N)C(=O)Nc1cccc(-c2nn[nH]n2)c1. The minimum atomic E-state index is -0.483. The van der Waals surface area contributed by atoms with Crippen molar-refractivity contribution in [3.05, 3.63) is 24.3 Å². The van der Waals surface area contributed by atoms with Crippen molar-refractivity contribution in [1.82, 2.24) is 20.6 Å². The second kappa shape index (κ2) is 6.76. The number of nitrogens with two attached hydrogens (primary N) is 1. The van der Waals surface area contributed by atoms with Crippen molar-refractivity contribution >= 4 is 11.6 Å². The Hall–Kier alpha value is -2.28.